The van der Waals surface area contributed by atoms with Crippen LogP contribution in [0.25, 0.3) is 0 Å². The molecule has 0 unspecified atom stereocenters. The highest BCUT2D eigenvalue weighted by atomic mass is 35.5. The van der Waals surface area contributed by atoms with Gasteiger partial charge in [-0.05, 0) is 36.2 Å². The van der Waals surface area contributed by atoms with Gasteiger partial charge in [-0.1, -0.05) is 35.9 Å². The molecule has 19 heavy (non-hydrogen) atoms. The number of amidine groups is 1. The maximum absolute atomic E-state index is 7.32. The molecule has 4 heteroatoms. The minimum atomic E-state index is 0.0702. The molecule has 0 fully saturated rings. The lowest BCUT2D eigenvalue weighted by Gasteiger charge is -2.08. The van der Waals surface area contributed by atoms with Crippen molar-refractivity contribution in [3.8, 4) is 5.75 Å². The number of hydrogen-bond donors (Lipinski definition) is 2. The Balaban J connectivity index is 2.01. The van der Waals surface area contributed by atoms with Crippen LogP contribution in [0.3, 0.4) is 0 Å². The highest BCUT2D eigenvalue weighted by Crippen LogP contribution is 2.21. The molecule has 0 atom stereocenters. The molecule has 0 radical (unpaired) electrons. The van der Waals surface area contributed by atoms with Crippen LogP contribution < -0.4 is 10.5 Å². The first kappa shape index (κ1) is 13.4. The summed E-state index contributed by atoms with van der Waals surface area (Å²) in [6, 6.07) is 13.0. The van der Waals surface area contributed by atoms with Crippen molar-refractivity contribution in [1.29, 1.82) is 5.41 Å². The van der Waals surface area contributed by atoms with E-state index in [9.17, 15) is 0 Å². The SMILES string of the molecule is Cc1cc(OCc2ccc(C(=N)N)cc2)ccc1Cl. The van der Waals surface area contributed by atoms with E-state index in [1.807, 2.05) is 49.4 Å². The normalized spacial score (nSPS) is 10.2. The van der Waals surface area contributed by atoms with Gasteiger partial charge in [0.15, 0.2) is 0 Å². The van der Waals surface area contributed by atoms with Gasteiger partial charge in [0.25, 0.3) is 0 Å². The van der Waals surface area contributed by atoms with Crippen LogP contribution >= 0.6 is 11.6 Å². The van der Waals surface area contributed by atoms with Crippen molar-refractivity contribution >= 4 is 17.4 Å². The second kappa shape index (κ2) is 5.76. The van der Waals surface area contributed by atoms with E-state index in [1.165, 1.54) is 0 Å². The number of halogens is 1. The summed E-state index contributed by atoms with van der Waals surface area (Å²) in [5.74, 6) is 0.860. The molecule has 0 saturated carbocycles. The molecule has 98 valence electrons. The Hall–Kier alpha value is -2.00. The molecule has 3 N–H and O–H groups in total. The topological polar surface area (TPSA) is 59.1 Å². The van der Waals surface area contributed by atoms with Crippen molar-refractivity contribution in [3.63, 3.8) is 0 Å². The van der Waals surface area contributed by atoms with Crippen LogP contribution in [-0.2, 0) is 6.61 Å². The van der Waals surface area contributed by atoms with Gasteiger partial charge in [-0.15, -0.1) is 0 Å². The summed E-state index contributed by atoms with van der Waals surface area (Å²) in [7, 11) is 0. The van der Waals surface area contributed by atoms with Crippen molar-refractivity contribution in [2.24, 2.45) is 5.73 Å². The van der Waals surface area contributed by atoms with Gasteiger partial charge in [0.1, 0.15) is 18.2 Å². The van der Waals surface area contributed by atoms with Crippen LogP contribution in [0.15, 0.2) is 42.5 Å². The van der Waals surface area contributed by atoms with Crippen LogP contribution in [0.1, 0.15) is 16.7 Å². The lowest BCUT2D eigenvalue weighted by atomic mass is 10.1. The van der Waals surface area contributed by atoms with Gasteiger partial charge < -0.3 is 10.5 Å². The highest BCUT2D eigenvalue weighted by molar-refractivity contribution is 6.31. The predicted molar refractivity (Wildman–Crippen MR) is 78.0 cm³/mol. The Morgan fingerprint density at radius 3 is 2.47 bits per heavy atom. The van der Waals surface area contributed by atoms with E-state index in [4.69, 9.17) is 27.5 Å². The van der Waals surface area contributed by atoms with E-state index in [0.717, 1.165) is 21.9 Å². The molecular weight excluding hydrogens is 260 g/mol. The van der Waals surface area contributed by atoms with E-state index < -0.39 is 0 Å². The Morgan fingerprint density at radius 1 is 1.21 bits per heavy atom. The summed E-state index contributed by atoms with van der Waals surface area (Å²) < 4.78 is 5.68. The van der Waals surface area contributed by atoms with Crippen LogP contribution in [0, 0.1) is 12.3 Å². The minimum absolute atomic E-state index is 0.0702. The fraction of sp³-hybridized carbons (Fsp3) is 0.133. The first-order valence-electron chi connectivity index (χ1n) is 5.88. The Morgan fingerprint density at radius 2 is 1.89 bits per heavy atom. The highest BCUT2D eigenvalue weighted by Gasteiger charge is 2.01. The van der Waals surface area contributed by atoms with Gasteiger partial charge in [-0.2, -0.15) is 0 Å². The van der Waals surface area contributed by atoms with Gasteiger partial charge >= 0.3 is 0 Å². The molecule has 0 spiro atoms. The summed E-state index contributed by atoms with van der Waals surface area (Å²) in [6.45, 7) is 2.41. The molecular formula is C15H15ClN2O. The summed E-state index contributed by atoms with van der Waals surface area (Å²) in [5.41, 5.74) is 8.13. The quantitative estimate of drug-likeness (QED) is 0.662. The van der Waals surface area contributed by atoms with Crippen molar-refractivity contribution in [3.05, 3.63) is 64.2 Å². The third-order valence-electron chi connectivity index (χ3n) is 2.80. The lowest BCUT2D eigenvalue weighted by Crippen LogP contribution is -2.10. The van der Waals surface area contributed by atoms with E-state index in [1.54, 1.807) is 0 Å². The number of hydrogen-bond acceptors (Lipinski definition) is 2. The summed E-state index contributed by atoms with van der Waals surface area (Å²) in [5, 5.41) is 8.05. The molecule has 0 aromatic heterocycles. The average molecular weight is 275 g/mol. The number of rotatable bonds is 4. The molecule has 0 bridgehead atoms. The number of ether oxygens (including phenoxy) is 1. The zero-order valence-electron chi connectivity index (χ0n) is 10.6. The summed E-state index contributed by atoms with van der Waals surface area (Å²) >= 11 is 5.96. The molecule has 0 aliphatic carbocycles. The maximum Gasteiger partial charge on any atom is 0.122 e. The zero-order valence-corrected chi connectivity index (χ0v) is 11.4. The van der Waals surface area contributed by atoms with Gasteiger partial charge in [-0.25, -0.2) is 0 Å². The smallest absolute Gasteiger partial charge is 0.122 e. The molecule has 0 heterocycles. The Labute approximate surface area is 117 Å². The third-order valence-corrected chi connectivity index (χ3v) is 3.22. The summed E-state index contributed by atoms with van der Waals surface area (Å²) in [6.07, 6.45) is 0. The van der Waals surface area contributed by atoms with Crippen molar-refractivity contribution in [2.75, 3.05) is 0 Å². The first-order chi connectivity index (χ1) is 9.06. The predicted octanol–water partition coefficient (Wildman–Crippen LogP) is 3.51. The Kier molecular flexibility index (Phi) is 4.07. The minimum Gasteiger partial charge on any atom is -0.489 e. The molecule has 2 aromatic carbocycles. The van der Waals surface area contributed by atoms with E-state index in [0.29, 0.717) is 12.2 Å². The van der Waals surface area contributed by atoms with E-state index in [2.05, 4.69) is 0 Å². The molecule has 2 rings (SSSR count). The molecule has 2 aromatic rings. The van der Waals surface area contributed by atoms with Crippen molar-refractivity contribution < 1.29 is 4.74 Å². The maximum atomic E-state index is 7.32. The molecule has 3 nitrogen and oxygen atoms in total. The first-order valence-corrected chi connectivity index (χ1v) is 6.26. The van der Waals surface area contributed by atoms with Crippen molar-refractivity contribution in [1.82, 2.24) is 0 Å². The molecule has 0 amide bonds. The second-order valence-electron chi connectivity index (χ2n) is 4.31. The fourth-order valence-corrected chi connectivity index (χ4v) is 1.77. The largest absolute Gasteiger partial charge is 0.489 e. The van der Waals surface area contributed by atoms with E-state index in [-0.39, 0.29) is 5.84 Å². The monoisotopic (exact) mass is 274 g/mol. The molecule has 0 saturated heterocycles. The van der Waals surface area contributed by atoms with Crippen molar-refractivity contribution in [2.45, 2.75) is 13.5 Å². The van der Waals surface area contributed by atoms with Crippen LogP contribution in [0.4, 0.5) is 0 Å². The van der Waals surface area contributed by atoms with Gasteiger partial charge in [-0.3, -0.25) is 5.41 Å². The molecule has 0 aliphatic rings. The second-order valence-corrected chi connectivity index (χ2v) is 4.72. The van der Waals surface area contributed by atoms with E-state index >= 15 is 0 Å². The fourth-order valence-electron chi connectivity index (χ4n) is 1.65. The van der Waals surface area contributed by atoms with Gasteiger partial charge in [0, 0.05) is 10.6 Å². The van der Waals surface area contributed by atoms with Gasteiger partial charge in [0.2, 0.25) is 0 Å². The van der Waals surface area contributed by atoms with Gasteiger partial charge in [0.05, 0.1) is 0 Å². The van der Waals surface area contributed by atoms with Crippen LogP contribution in [0.2, 0.25) is 5.02 Å². The van der Waals surface area contributed by atoms with Crippen LogP contribution in [-0.4, -0.2) is 5.84 Å². The average Bonchev–Trinajstić information content (AvgIpc) is 2.40. The lowest BCUT2D eigenvalue weighted by molar-refractivity contribution is 0.306. The Bertz CT molecular complexity index is 594. The number of nitrogen functional groups attached to an aromatic ring is 1. The standard InChI is InChI=1S/C15H15ClN2O/c1-10-8-13(6-7-14(10)16)19-9-11-2-4-12(5-3-11)15(17)18/h2-8H,9H2,1H3,(H3,17,18). The summed E-state index contributed by atoms with van der Waals surface area (Å²) in [4.78, 5) is 0. The third kappa shape index (κ3) is 3.48. The zero-order chi connectivity index (χ0) is 13.8. The molecule has 0 aliphatic heterocycles. The number of nitrogens with one attached hydrogen (secondary N) is 1. The van der Waals surface area contributed by atoms with Crippen LogP contribution in [0.5, 0.6) is 5.75 Å². The number of benzene rings is 2. The number of aryl methyl sites for hydroxylation is 1. The number of nitrogens with two attached hydrogens (primary N) is 1.